The molecule has 0 bridgehead atoms. The van der Waals surface area contributed by atoms with E-state index in [4.69, 9.17) is 10.5 Å². The second kappa shape index (κ2) is 7.01. The summed E-state index contributed by atoms with van der Waals surface area (Å²) in [7, 11) is 0. The van der Waals surface area contributed by atoms with Gasteiger partial charge in [-0.1, -0.05) is 52.3 Å². The van der Waals surface area contributed by atoms with Gasteiger partial charge in [-0.3, -0.25) is 0 Å². The number of nitrogens with one attached hydrogen (secondary N) is 1. The lowest BCUT2D eigenvalue weighted by molar-refractivity contribution is 0.465. The van der Waals surface area contributed by atoms with E-state index in [9.17, 15) is 0 Å². The van der Waals surface area contributed by atoms with Gasteiger partial charge in [-0.2, -0.15) is 4.98 Å². The molecule has 6 heteroatoms. The molecule has 0 saturated heterocycles. The summed E-state index contributed by atoms with van der Waals surface area (Å²) in [4.78, 5) is 8.38. The van der Waals surface area contributed by atoms with E-state index in [0.29, 0.717) is 23.1 Å². The van der Waals surface area contributed by atoms with Crippen molar-refractivity contribution < 1.29 is 4.74 Å². The van der Waals surface area contributed by atoms with E-state index in [-0.39, 0.29) is 0 Å². The molecule has 4 rings (SSSR count). The van der Waals surface area contributed by atoms with Gasteiger partial charge in [-0.25, -0.2) is 4.98 Å². The normalized spacial score (nSPS) is 10.7. The molecule has 0 aliphatic carbocycles. The van der Waals surface area contributed by atoms with Crippen LogP contribution in [0, 0.1) is 0 Å². The average Bonchev–Trinajstić information content (AvgIpc) is 2.65. The molecule has 0 atom stereocenters. The number of benzene rings is 3. The van der Waals surface area contributed by atoms with Gasteiger partial charge in [0.2, 0.25) is 5.88 Å². The summed E-state index contributed by atoms with van der Waals surface area (Å²) in [5.74, 6) is 1.48. The molecule has 26 heavy (non-hydrogen) atoms. The van der Waals surface area contributed by atoms with Crippen LogP contribution in [0.3, 0.4) is 0 Å². The van der Waals surface area contributed by atoms with Gasteiger partial charge in [0.15, 0.2) is 5.82 Å². The summed E-state index contributed by atoms with van der Waals surface area (Å²) in [6.45, 7) is 0. The van der Waals surface area contributed by atoms with Crippen molar-refractivity contribution in [3.05, 3.63) is 77.5 Å². The van der Waals surface area contributed by atoms with E-state index < -0.39 is 0 Å². The van der Waals surface area contributed by atoms with Crippen LogP contribution in [-0.2, 0) is 0 Å². The molecule has 0 radical (unpaired) electrons. The molecule has 128 valence electrons. The van der Waals surface area contributed by atoms with Gasteiger partial charge in [-0.05, 0) is 41.1 Å². The molecule has 3 aromatic carbocycles. The maximum absolute atomic E-state index is 6.21. The fourth-order valence-corrected chi connectivity index (χ4v) is 3.01. The highest BCUT2D eigenvalue weighted by Gasteiger charge is 2.11. The molecular weight excluding hydrogens is 392 g/mol. The maximum Gasteiger partial charge on any atom is 0.248 e. The smallest absolute Gasteiger partial charge is 0.248 e. The second-order valence-corrected chi connectivity index (χ2v) is 6.60. The van der Waals surface area contributed by atoms with Crippen molar-refractivity contribution in [2.24, 2.45) is 0 Å². The van der Waals surface area contributed by atoms with Crippen LogP contribution >= 0.6 is 15.9 Å². The van der Waals surface area contributed by atoms with Crippen LogP contribution in [-0.4, -0.2) is 9.97 Å². The number of hydrogen-bond acceptors (Lipinski definition) is 5. The minimum absolute atomic E-state index is 0.313. The van der Waals surface area contributed by atoms with E-state index >= 15 is 0 Å². The zero-order valence-corrected chi connectivity index (χ0v) is 15.3. The Labute approximate surface area is 159 Å². The second-order valence-electron chi connectivity index (χ2n) is 5.69. The molecule has 0 amide bonds. The zero-order valence-electron chi connectivity index (χ0n) is 13.7. The highest BCUT2D eigenvalue weighted by Crippen LogP contribution is 2.32. The predicted octanol–water partition coefficient (Wildman–Crippen LogP) is 5.51. The number of rotatable bonds is 4. The molecule has 1 aromatic heterocycles. The third kappa shape index (κ3) is 3.45. The van der Waals surface area contributed by atoms with E-state index in [1.807, 2.05) is 60.7 Å². The summed E-state index contributed by atoms with van der Waals surface area (Å²) in [6.07, 6.45) is 1.42. The molecule has 0 aliphatic heterocycles. The van der Waals surface area contributed by atoms with Gasteiger partial charge < -0.3 is 15.8 Å². The van der Waals surface area contributed by atoms with E-state index in [1.54, 1.807) is 0 Å². The highest BCUT2D eigenvalue weighted by atomic mass is 79.9. The average molecular weight is 407 g/mol. The number of hydrogen-bond donors (Lipinski definition) is 2. The molecule has 0 saturated carbocycles. The largest absolute Gasteiger partial charge is 0.437 e. The first kappa shape index (κ1) is 16.4. The fourth-order valence-electron chi connectivity index (χ4n) is 2.61. The van der Waals surface area contributed by atoms with Gasteiger partial charge >= 0.3 is 0 Å². The van der Waals surface area contributed by atoms with Gasteiger partial charge in [0.1, 0.15) is 17.8 Å². The molecule has 0 spiro atoms. The first-order chi connectivity index (χ1) is 12.7. The zero-order chi connectivity index (χ0) is 17.9. The molecule has 3 N–H and O–H groups in total. The molecule has 5 nitrogen and oxygen atoms in total. The Hall–Kier alpha value is -3.12. The van der Waals surface area contributed by atoms with Gasteiger partial charge in [-0.15, -0.1) is 0 Å². The minimum Gasteiger partial charge on any atom is -0.437 e. The lowest BCUT2D eigenvalue weighted by atomic mass is 10.1. The lowest BCUT2D eigenvalue weighted by Crippen LogP contribution is -2.03. The van der Waals surface area contributed by atoms with Crippen LogP contribution in [0.2, 0.25) is 0 Å². The van der Waals surface area contributed by atoms with Crippen molar-refractivity contribution >= 4 is 43.9 Å². The molecule has 0 fully saturated rings. The Morgan fingerprint density at radius 2 is 1.73 bits per heavy atom. The molecule has 0 aliphatic rings. The summed E-state index contributed by atoms with van der Waals surface area (Å²) < 4.78 is 6.85. The molecule has 0 unspecified atom stereocenters. The van der Waals surface area contributed by atoms with Crippen molar-refractivity contribution in [1.29, 1.82) is 0 Å². The van der Waals surface area contributed by atoms with Crippen LogP contribution in [0.25, 0.3) is 10.8 Å². The molecule has 4 aromatic rings. The van der Waals surface area contributed by atoms with Crippen LogP contribution in [0.4, 0.5) is 17.2 Å². The third-order valence-electron chi connectivity index (χ3n) is 3.87. The number of halogens is 1. The number of nitrogens with zero attached hydrogens (tertiary/aromatic N) is 2. The van der Waals surface area contributed by atoms with Gasteiger partial charge in [0, 0.05) is 10.2 Å². The third-order valence-corrected chi connectivity index (χ3v) is 4.36. The van der Waals surface area contributed by atoms with Crippen molar-refractivity contribution in [1.82, 2.24) is 9.97 Å². The van der Waals surface area contributed by atoms with Crippen LogP contribution in [0.5, 0.6) is 11.6 Å². The SMILES string of the molecule is Nc1c(Nc2cccc(Br)c2)ncnc1Oc1ccc2ccccc2c1. The van der Waals surface area contributed by atoms with Crippen molar-refractivity contribution in [3.8, 4) is 11.6 Å². The number of aromatic nitrogens is 2. The quantitative estimate of drug-likeness (QED) is 0.467. The van der Waals surface area contributed by atoms with Crippen LogP contribution in [0.15, 0.2) is 77.5 Å². The highest BCUT2D eigenvalue weighted by molar-refractivity contribution is 9.10. The van der Waals surface area contributed by atoms with Gasteiger partial charge in [0.25, 0.3) is 0 Å². The number of anilines is 3. The number of nitrogens with two attached hydrogens (primary N) is 1. The first-order valence-corrected chi connectivity index (χ1v) is 8.78. The van der Waals surface area contributed by atoms with Crippen LogP contribution < -0.4 is 15.8 Å². The van der Waals surface area contributed by atoms with Gasteiger partial charge in [0.05, 0.1) is 0 Å². The van der Waals surface area contributed by atoms with E-state index in [0.717, 1.165) is 20.9 Å². The Morgan fingerprint density at radius 1 is 0.885 bits per heavy atom. The maximum atomic E-state index is 6.21. The molecule has 1 heterocycles. The standard InChI is InChI=1S/C20H15BrN4O/c21-15-6-3-7-16(11-15)25-19-18(22)20(24-12-23-19)26-17-9-8-13-4-1-2-5-14(13)10-17/h1-12H,22H2,(H,23,24,25). The van der Waals surface area contributed by atoms with Crippen molar-refractivity contribution in [3.63, 3.8) is 0 Å². The Kier molecular flexibility index (Phi) is 4.41. The lowest BCUT2D eigenvalue weighted by Gasteiger charge is -2.12. The Balaban J connectivity index is 1.62. The van der Waals surface area contributed by atoms with E-state index in [1.165, 1.54) is 6.33 Å². The van der Waals surface area contributed by atoms with Crippen molar-refractivity contribution in [2.45, 2.75) is 0 Å². The van der Waals surface area contributed by atoms with Crippen LogP contribution in [0.1, 0.15) is 0 Å². The summed E-state index contributed by atoms with van der Waals surface area (Å²) in [5.41, 5.74) is 7.42. The summed E-state index contributed by atoms with van der Waals surface area (Å²) in [6, 6.07) is 21.7. The fraction of sp³-hybridized carbons (Fsp3) is 0. The summed E-state index contributed by atoms with van der Waals surface area (Å²) in [5, 5.41) is 5.42. The topological polar surface area (TPSA) is 73.1 Å². The van der Waals surface area contributed by atoms with Crippen molar-refractivity contribution in [2.75, 3.05) is 11.1 Å². The Bertz CT molecular complexity index is 1080. The van der Waals surface area contributed by atoms with E-state index in [2.05, 4.69) is 37.3 Å². The predicted molar refractivity (Wildman–Crippen MR) is 108 cm³/mol. The monoisotopic (exact) mass is 406 g/mol. The number of ether oxygens (including phenoxy) is 1. The molecular formula is C20H15BrN4O. The minimum atomic E-state index is 0.313. The number of nitrogen functional groups attached to an aromatic ring is 1. The number of fused-ring (bicyclic) bond motifs is 1. The Morgan fingerprint density at radius 3 is 2.58 bits per heavy atom. The first-order valence-electron chi connectivity index (χ1n) is 7.99. The summed E-state index contributed by atoms with van der Waals surface area (Å²) >= 11 is 3.44.